The Balaban J connectivity index is 1.34. The molecule has 0 aliphatic carbocycles. The standard InChI is InChI=1S/C32H38O2S2/c1-23(2)7-5-21-33-27-13-9-25(10-14-27)29-17-19-31(35-29)32-20-18-30(36-32)26-11-15-28(16-12-26)34-22-6-8-24(3)4/h9-20,23-24H,5-8,21-22H2,1-4H3. The van der Waals surface area contributed by atoms with Gasteiger partial charge in [-0.25, -0.2) is 0 Å². The average Bonchev–Trinajstić information content (AvgIpc) is 3.55. The van der Waals surface area contributed by atoms with Crippen molar-refractivity contribution in [2.24, 2.45) is 11.8 Å². The highest BCUT2D eigenvalue weighted by molar-refractivity contribution is 7.25. The molecule has 4 heteroatoms. The molecule has 0 radical (unpaired) electrons. The van der Waals surface area contributed by atoms with Crippen molar-refractivity contribution in [1.82, 2.24) is 0 Å². The average molecular weight is 519 g/mol. The largest absolute Gasteiger partial charge is 0.494 e. The normalized spacial score (nSPS) is 11.4. The number of rotatable bonds is 13. The first kappa shape index (κ1) is 26.5. The fourth-order valence-electron chi connectivity index (χ4n) is 4.04. The van der Waals surface area contributed by atoms with Gasteiger partial charge >= 0.3 is 0 Å². The van der Waals surface area contributed by atoms with Gasteiger partial charge in [-0.05, 0) is 121 Å². The fourth-order valence-corrected chi connectivity index (χ4v) is 6.16. The number of hydrogen-bond donors (Lipinski definition) is 0. The molecule has 2 heterocycles. The Bertz CT molecular complexity index is 1090. The Morgan fingerprint density at radius 3 is 1.22 bits per heavy atom. The Labute approximate surface area is 224 Å². The minimum Gasteiger partial charge on any atom is -0.494 e. The van der Waals surface area contributed by atoms with Crippen LogP contribution in [-0.4, -0.2) is 13.2 Å². The lowest BCUT2D eigenvalue weighted by molar-refractivity contribution is 0.297. The van der Waals surface area contributed by atoms with Crippen LogP contribution in [0, 0.1) is 11.8 Å². The van der Waals surface area contributed by atoms with Crippen LogP contribution >= 0.6 is 22.7 Å². The molecule has 2 aromatic heterocycles. The van der Waals surface area contributed by atoms with Crippen molar-refractivity contribution in [3.8, 4) is 42.1 Å². The van der Waals surface area contributed by atoms with Crippen molar-refractivity contribution in [1.29, 1.82) is 0 Å². The molecule has 0 aliphatic rings. The van der Waals surface area contributed by atoms with Crippen LogP contribution in [0.4, 0.5) is 0 Å². The van der Waals surface area contributed by atoms with Gasteiger partial charge in [-0.1, -0.05) is 27.7 Å². The predicted molar refractivity (Wildman–Crippen MR) is 158 cm³/mol. The summed E-state index contributed by atoms with van der Waals surface area (Å²) in [4.78, 5) is 5.18. The molecule has 4 rings (SSSR count). The van der Waals surface area contributed by atoms with Crippen LogP contribution in [0.3, 0.4) is 0 Å². The molecule has 0 fully saturated rings. The molecule has 4 aromatic rings. The Morgan fingerprint density at radius 2 is 0.861 bits per heavy atom. The first-order valence-corrected chi connectivity index (χ1v) is 14.8. The van der Waals surface area contributed by atoms with Gasteiger partial charge in [0, 0.05) is 19.5 Å². The van der Waals surface area contributed by atoms with Gasteiger partial charge in [0.15, 0.2) is 0 Å². The van der Waals surface area contributed by atoms with Gasteiger partial charge in [0.25, 0.3) is 0 Å². The number of ether oxygens (including phenoxy) is 2. The molecule has 190 valence electrons. The van der Waals surface area contributed by atoms with E-state index in [0.29, 0.717) is 0 Å². The highest BCUT2D eigenvalue weighted by Gasteiger charge is 2.10. The van der Waals surface area contributed by atoms with Crippen LogP contribution in [0.2, 0.25) is 0 Å². The van der Waals surface area contributed by atoms with E-state index in [9.17, 15) is 0 Å². The molecular formula is C32H38O2S2. The lowest BCUT2D eigenvalue weighted by Gasteiger charge is -2.08. The number of thiophene rings is 2. The highest BCUT2D eigenvalue weighted by atomic mass is 32.1. The van der Waals surface area contributed by atoms with Crippen LogP contribution in [0.1, 0.15) is 53.4 Å². The summed E-state index contributed by atoms with van der Waals surface area (Å²) >= 11 is 3.69. The molecule has 36 heavy (non-hydrogen) atoms. The van der Waals surface area contributed by atoms with Crippen molar-refractivity contribution < 1.29 is 9.47 Å². The first-order chi connectivity index (χ1) is 17.5. The van der Waals surface area contributed by atoms with E-state index in [-0.39, 0.29) is 0 Å². The summed E-state index contributed by atoms with van der Waals surface area (Å²) in [6.07, 6.45) is 4.62. The van der Waals surface area contributed by atoms with Gasteiger partial charge < -0.3 is 9.47 Å². The number of hydrogen-bond acceptors (Lipinski definition) is 4. The van der Waals surface area contributed by atoms with Gasteiger partial charge in [-0.3, -0.25) is 0 Å². The van der Waals surface area contributed by atoms with E-state index in [2.05, 4.69) is 100 Å². The molecule has 0 unspecified atom stereocenters. The van der Waals surface area contributed by atoms with Crippen molar-refractivity contribution >= 4 is 22.7 Å². The molecule has 0 bridgehead atoms. The SMILES string of the molecule is CC(C)CCCOc1ccc(-c2ccc(-c3ccc(-c4ccc(OCCCC(C)C)cc4)s3)s2)cc1. The van der Waals surface area contributed by atoms with E-state index in [1.54, 1.807) is 0 Å². The van der Waals surface area contributed by atoms with Gasteiger partial charge in [0.1, 0.15) is 11.5 Å². The summed E-state index contributed by atoms with van der Waals surface area (Å²) in [6.45, 7) is 10.6. The van der Waals surface area contributed by atoms with Crippen LogP contribution in [-0.2, 0) is 0 Å². The third-order valence-electron chi connectivity index (χ3n) is 6.12. The highest BCUT2D eigenvalue weighted by Crippen LogP contribution is 2.40. The second-order valence-corrected chi connectivity index (χ2v) is 12.3. The van der Waals surface area contributed by atoms with Gasteiger partial charge in [-0.15, -0.1) is 22.7 Å². The molecule has 2 aromatic carbocycles. The van der Waals surface area contributed by atoms with Crippen molar-refractivity contribution in [3.63, 3.8) is 0 Å². The molecule has 2 nitrogen and oxygen atoms in total. The first-order valence-electron chi connectivity index (χ1n) is 13.1. The molecular weight excluding hydrogens is 480 g/mol. The third-order valence-corrected chi connectivity index (χ3v) is 8.59. The van der Waals surface area contributed by atoms with Crippen molar-refractivity contribution in [3.05, 3.63) is 72.8 Å². The fraction of sp³-hybridized carbons (Fsp3) is 0.375. The maximum atomic E-state index is 5.90. The van der Waals surface area contributed by atoms with Gasteiger partial charge in [0.05, 0.1) is 13.2 Å². The second-order valence-electron chi connectivity index (χ2n) is 10.1. The van der Waals surface area contributed by atoms with E-state index in [1.807, 2.05) is 22.7 Å². The summed E-state index contributed by atoms with van der Waals surface area (Å²) in [5, 5.41) is 0. The minimum absolute atomic E-state index is 0.729. The molecule has 0 atom stereocenters. The Hall–Kier alpha value is -2.56. The molecule has 0 amide bonds. The second kappa shape index (κ2) is 13.1. The van der Waals surface area contributed by atoms with E-state index in [4.69, 9.17) is 9.47 Å². The summed E-state index contributed by atoms with van der Waals surface area (Å²) in [7, 11) is 0. The van der Waals surface area contributed by atoms with Gasteiger partial charge in [-0.2, -0.15) is 0 Å². The Morgan fingerprint density at radius 1 is 0.500 bits per heavy atom. The third kappa shape index (κ3) is 7.72. The van der Waals surface area contributed by atoms with Crippen LogP contribution in [0.25, 0.3) is 30.6 Å². The zero-order chi connectivity index (χ0) is 25.3. The summed E-state index contributed by atoms with van der Waals surface area (Å²) < 4.78 is 11.8. The van der Waals surface area contributed by atoms with Crippen LogP contribution in [0.15, 0.2) is 72.8 Å². The Kier molecular flexibility index (Phi) is 9.66. The number of benzene rings is 2. The molecule has 0 saturated heterocycles. The monoisotopic (exact) mass is 518 g/mol. The summed E-state index contributed by atoms with van der Waals surface area (Å²) in [5.74, 6) is 3.36. The van der Waals surface area contributed by atoms with E-state index in [0.717, 1.165) is 49.4 Å². The zero-order valence-electron chi connectivity index (χ0n) is 22.0. The van der Waals surface area contributed by atoms with Crippen LogP contribution < -0.4 is 9.47 Å². The lowest BCUT2D eigenvalue weighted by Crippen LogP contribution is -1.99. The summed E-state index contributed by atoms with van der Waals surface area (Å²) in [5.41, 5.74) is 2.48. The van der Waals surface area contributed by atoms with Crippen molar-refractivity contribution in [2.45, 2.75) is 53.4 Å². The summed E-state index contributed by atoms with van der Waals surface area (Å²) in [6, 6.07) is 25.9. The minimum atomic E-state index is 0.729. The van der Waals surface area contributed by atoms with E-state index >= 15 is 0 Å². The maximum Gasteiger partial charge on any atom is 0.119 e. The van der Waals surface area contributed by atoms with Crippen molar-refractivity contribution in [2.75, 3.05) is 13.2 Å². The predicted octanol–water partition coefficient (Wildman–Crippen LogP) is 10.4. The topological polar surface area (TPSA) is 18.5 Å². The molecule has 0 spiro atoms. The van der Waals surface area contributed by atoms with Gasteiger partial charge in [0.2, 0.25) is 0 Å². The molecule has 0 N–H and O–H groups in total. The maximum absolute atomic E-state index is 5.90. The van der Waals surface area contributed by atoms with E-state index in [1.165, 1.54) is 43.5 Å². The zero-order valence-corrected chi connectivity index (χ0v) is 23.6. The molecule has 0 saturated carbocycles. The molecule has 0 aliphatic heterocycles. The van der Waals surface area contributed by atoms with E-state index < -0.39 is 0 Å². The quantitative estimate of drug-likeness (QED) is 0.164. The smallest absolute Gasteiger partial charge is 0.119 e. The lowest BCUT2D eigenvalue weighted by atomic mass is 10.1. The van der Waals surface area contributed by atoms with Crippen LogP contribution in [0.5, 0.6) is 11.5 Å².